The van der Waals surface area contributed by atoms with E-state index >= 15 is 0 Å². The van der Waals surface area contributed by atoms with E-state index in [1.54, 1.807) is 0 Å². The molecule has 0 heterocycles. The van der Waals surface area contributed by atoms with Gasteiger partial charge in [0, 0.05) is 6.04 Å². The number of carbonyl (C=O) groups is 1. The molecule has 0 spiro atoms. The highest BCUT2D eigenvalue weighted by Crippen LogP contribution is 2.40. The minimum absolute atomic E-state index is 0.0130. The van der Waals surface area contributed by atoms with Crippen LogP contribution in [0.25, 0.3) is 0 Å². The summed E-state index contributed by atoms with van der Waals surface area (Å²) in [5, 5.41) is 0. The topological polar surface area (TPSA) is 52.3 Å². The highest BCUT2D eigenvalue weighted by molar-refractivity contribution is 5.70. The lowest BCUT2D eigenvalue weighted by Gasteiger charge is -2.09. The zero-order chi connectivity index (χ0) is 9.14. The average molecular weight is 171 g/mol. The standard InChI is InChI=1S/C9H17NO2/c1-3-12-9(11)5-8(10)7-4-6(7)2/h6-8H,3-5,10H2,1-2H3/t6?,7?,8-/m1/s1. The van der Waals surface area contributed by atoms with Gasteiger partial charge in [-0.05, 0) is 25.2 Å². The number of rotatable bonds is 4. The molecule has 0 bridgehead atoms. The van der Waals surface area contributed by atoms with Crippen LogP contribution >= 0.6 is 0 Å². The number of carbonyl (C=O) groups excluding carboxylic acids is 1. The highest BCUT2D eigenvalue weighted by Gasteiger charge is 2.38. The summed E-state index contributed by atoms with van der Waals surface area (Å²) in [5.41, 5.74) is 5.80. The molecule has 0 saturated heterocycles. The van der Waals surface area contributed by atoms with Crippen LogP contribution in [0, 0.1) is 11.8 Å². The molecule has 1 fully saturated rings. The maximum atomic E-state index is 11.0. The van der Waals surface area contributed by atoms with Crippen LogP contribution in [0.5, 0.6) is 0 Å². The van der Waals surface area contributed by atoms with Crippen molar-refractivity contribution in [1.82, 2.24) is 0 Å². The molecule has 3 atom stereocenters. The van der Waals surface area contributed by atoms with E-state index in [2.05, 4.69) is 6.92 Å². The van der Waals surface area contributed by atoms with Crippen molar-refractivity contribution in [2.75, 3.05) is 6.61 Å². The van der Waals surface area contributed by atoms with Crippen molar-refractivity contribution in [1.29, 1.82) is 0 Å². The number of ether oxygens (including phenoxy) is 1. The Hall–Kier alpha value is -0.570. The largest absolute Gasteiger partial charge is 0.466 e. The molecule has 3 heteroatoms. The third kappa shape index (κ3) is 2.48. The minimum Gasteiger partial charge on any atom is -0.466 e. The van der Waals surface area contributed by atoms with Crippen LogP contribution in [0.15, 0.2) is 0 Å². The monoisotopic (exact) mass is 171 g/mol. The quantitative estimate of drug-likeness (QED) is 0.640. The van der Waals surface area contributed by atoms with Crippen LogP contribution in [0.4, 0.5) is 0 Å². The smallest absolute Gasteiger partial charge is 0.307 e. The molecule has 1 aliphatic carbocycles. The first-order valence-corrected chi connectivity index (χ1v) is 4.56. The van der Waals surface area contributed by atoms with E-state index < -0.39 is 0 Å². The molecule has 0 radical (unpaired) electrons. The maximum Gasteiger partial charge on any atom is 0.307 e. The van der Waals surface area contributed by atoms with Gasteiger partial charge in [-0.15, -0.1) is 0 Å². The van der Waals surface area contributed by atoms with Gasteiger partial charge in [0.2, 0.25) is 0 Å². The molecule has 0 aromatic heterocycles. The molecule has 12 heavy (non-hydrogen) atoms. The molecule has 70 valence electrons. The Morgan fingerprint density at radius 1 is 1.75 bits per heavy atom. The fourth-order valence-electron chi connectivity index (χ4n) is 1.51. The molecule has 1 aliphatic rings. The second-order valence-corrected chi connectivity index (χ2v) is 3.55. The predicted octanol–water partition coefficient (Wildman–Crippen LogP) is 0.923. The lowest BCUT2D eigenvalue weighted by Crippen LogP contribution is -2.27. The highest BCUT2D eigenvalue weighted by atomic mass is 16.5. The predicted molar refractivity (Wildman–Crippen MR) is 46.5 cm³/mol. The van der Waals surface area contributed by atoms with Gasteiger partial charge >= 0.3 is 5.97 Å². The first-order valence-electron chi connectivity index (χ1n) is 4.56. The summed E-state index contributed by atoms with van der Waals surface area (Å²) < 4.78 is 4.81. The minimum atomic E-state index is -0.163. The molecule has 1 saturated carbocycles. The molecule has 2 N–H and O–H groups in total. The molecular weight excluding hydrogens is 154 g/mol. The van der Waals surface area contributed by atoms with Crippen molar-refractivity contribution in [2.45, 2.75) is 32.7 Å². The van der Waals surface area contributed by atoms with E-state index in [-0.39, 0.29) is 12.0 Å². The molecule has 0 aromatic carbocycles. The van der Waals surface area contributed by atoms with Crippen molar-refractivity contribution < 1.29 is 9.53 Å². The van der Waals surface area contributed by atoms with Crippen LogP contribution in [0.2, 0.25) is 0 Å². The lowest BCUT2D eigenvalue weighted by molar-refractivity contribution is -0.143. The van der Waals surface area contributed by atoms with Gasteiger partial charge in [0.05, 0.1) is 13.0 Å². The Balaban J connectivity index is 2.17. The van der Waals surface area contributed by atoms with Crippen LogP contribution in [0.1, 0.15) is 26.7 Å². The van der Waals surface area contributed by atoms with Crippen molar-refractivity contribution in [3.63, 3.8) is 0 Å². The van der Waals surface area contributed by atoms with Gasteiger partial charge in [0.25, 0.3) is 0 Å². The van der Waals surface area contributed by atoms with Gasteiger partial charge in [-0.2, -0.15) is 0 Å². The van der Waals surface area contributed by atoms with Gasteiger partial charge in [-0.25, -0.2) is 0 Å². The van der Waals surface area contributed by atoms with Crippen LogP contribution in [-0.4, -0.2) is 18.6 Å². The Bertz CT molecular complexity index is 170. The van der Waals surface area contributed by atoms with E-state index in [1.807, 2.05) is 6.92 Å². The first-order chi connectivity index (χ1) is 5.65. The number of nitrogens with two attached hydrogens (primary N) is 1. The van der Waals surface area contributed by atoms with E-state index in [0.717, 1.165) is 0 Å². The van der Waals surface area contributed by atoms with Gasteiger partial charge < -0.3 is 10.5 Å². The average Bonchev–Trinajstić information content (AvgIpc) is 2.67. The number of hydrogen-bond donors (Lipinski definition) is 1. The summed E-state index contributed by atoms with van der Waals surface area (Å²) in [6, 6.07) is 0.0130. The van der Waals surface area contributed by atoms with Crippen molar-refractivity contribution in [2.24, 2.45) is 17.6 Å². The maximum absolute atomic E-state index is 11.0. The summed E-state index contributed by atoms with van der Waals surface area (Å²) in [5.74, 6) is 1.09. The Morgan fingerprint density at radius 2 is 2.33 bits per heavy atom. The number of esters is 1. The molecule has 2 unspecified atom stereocenters. The van der Waals surface area contributed by atoms with Crippen LogP contribution < -0.4 is 5.73 Å². The van der Waals surface area contributed by atoms with Gasteiger partial charge in [0.1, 0.15) is 0 Å². The van der Waals surface area contributed by atoms with Crippen LogP contribution in [-0.2, 0) is 9.53 Å². The summed E-state index contributed by atoms with van der Waals surface area (Å²) >= 11 is 0. The molecule has 1 rings (SSSR count). The van der Waals surface area contributed by atoms with E-state index in [9.17, 15) is 4.79 Å². The van der Waals surface area contributed by atoms with Crippen molar-refractivity contribution >= 4 is 5.97 Å². The van der Waals surface area contributed by atoms with E-state index in [0.29, 0.717) is 24.9 Å². The number of hydrogen-bond acceptors (Lipinski definition) is 3. The first kappa shape index (κ1) is 9.52. The molecule has 3 nitrogen and oxygen atoms in total. The zero-order valence-corrected chi connectivity index (χ0v) is 7.75. The Morgan fingerprint density at radius 3 is 2.75 bits per heavy atom. The summed E-state index contributed by atoms with van der Waals surface area (Å²) in [7, 11) is 0. The zero-order valence-electron chi connectivity index (χ0n) is 7.75. The molecule has 0 amide bonds. The Labute approximate surface area is 73.3 Å². The third-order valence-corrected chi connectivity index (χ3v) is 2.43. The van der Waals surface area contributed by atoms with E-state index in [4.69, 9.17) is 10.5 Å². The summed E-state index contributed by atoms with van der Waals surface area (Å²) in [6.45, 7) is 4.42. The fourth-order valence-corrected chi connectivity index (χ4v) is 1.51. The Kier molecular flexibility index (Phi) is 3.09. The fraction of sp³-hybridized carbons (Fsp3) is 0.889. The normalized spacial score (nSPS) is 29.6. The van der Waals surface area contributed by atoms with E-state index in [1.165, 1.54) is 6.42 Å². The molecule has 0 aromatic rings. The summed E-state index contributed by atoms with van der Waals surface area (Å²) in [6.07, 6.45) is 1.55. The molecular formula is C9H17NO2. The lowest BCUT2D eigenvalue weighted by atomic mass is 10.1. The second kappa shape index (κ2) is 3.90. The van der Waals surface area contributed by atoms with Gasteiger partial charge in [-0.1, -0.05) is 6.92 Å². The van der Waals surface area contributed by atoms with Crippen LogP contribution in [0.3, 0.4) is 0 Å². The third-order valence-electron chi connectivity index (χ3n) is 2.43. The molecule has 0 aliphatic heterocycles. The van der Waals surface area contributed by atoms with Crippen molar-refractivity contribution in [3.05, 3.63) is 0 Å². The SMILES string of the molecule is CCOC(=O)C[C@@H](N)C1CC1C. The van der Waals surface area contributed by atoms with Gasteiger partial charge in [-0.3, -0.25) is 4.79 Å². The second-order valence-electron chi connectivity index (χ2n) is 3.55. The van der Waals surface area contributed by atoms with Gasteiger partial charge in [0.15, 0.2) is 0 Å². The van der Waals surface area contributed by atoms with Crippen molar-refractivity contribution in [3.8, 4) is 0 Å². The summed E-state index contributed by atoms with van der Waals surface area (Å²) in [4.78, 5) is 11.0.